The molecular formula is C22H30NO3+. The van der Waals surface area contributed by atoms with E-state index < -0.39 is 0 Å². The van der Waals surface area contributed by atoms with Crippen molar-refractivity contribution in [2.24, 2.45) is 11.8 Å². The molecule has 3 aliphatic carbocycles. The normalized spacial score (nSPS) is 45.6. The zero-order valence-corrected chi connectivity index (χ0v) is 15.7. The number of benzene rings is 1. The lowest BCUT2D eigenvalue weighted by molar-refractivity contribution is -0.948. The average Bonchev–Trinajstić information content (AvgIpc) is 2.93. The van der Waals surface area contributed by atoms with Gasteiger partial charge in [-0.1, -0.05) is 6.42 Å². The number of nitrogens with zero attached hydrogens (tertiary/aromatic N) is 1. The number of hydrogen-bond donors (Lipinski definition) is 2. The van der Waals surface area contributed by atoms with Gasteiger partial charge in [-0.05, 0) is 37.8 Å². The van der Waals surface area contributed by atoms with Crippen LogP contribution < -0.4 is 4.74 Å². The Kier molecular flexibility index (Phi) is 3.01. The molecule has 4 nitrogen and oxygen atoms in total. The molecule has 6 rings (SSSR count). The number of piperidine rings is 1. The molecular weight excluding hydrogens is 326 g/mol. The minimum atomic E-state index is -0.379. The van der Waals surface area contributed by atoms with Crippen LogP contribution in [0.4, 0.5) is 0 Å². The lowest BCUT2D eigenvalue weighted by atomic mass is 9.50. The van der Waals surface area contributed by atoms with E-state index in [2.05, 4.69) is 7.05 Å². The van der Waals surface area contributed by atoms with Crippen LogP contribution in [0.1, 0.15) is 49.7 Å². The monoisotopic (exact) mass is 356 g/mol. The lowest BCUT2D eigenvalue weighted by Gasteiger charge is -2.62. The highest BCUT2D eigenvalue weighted by Crippen LogP contribution is 2.64. The predicted octanol–water partition coefficient (Wildman–Crippen LogP) is 2.74. The van der Waals surface area contributed by atoms with Gasteiger partial charge in [-0.2, -0.15) is 0 Å². The van der Waals surface area contributed by atoms with Gasteiger partial charge in [0.25, 0.3) is 0 Å². The number of aromatic hydroxyl groups is 1. The van der Waals surface area contributed by atoms with Crippen LogP contribution in [0.3, 0.4) is 0 Å². The van der Waals surface area contributed by atoms with Gasteiger partial charge in [-0.3, -0.25) is 0 Å². The Labute approximate surface area is 155 Å². The van der Waals surface area contributed by atoms with Crippen LogP contribution in [-0.2, 0) is 11.8 Å². The molecule has 1 aromatic rings. The summed E-state index contributed by atoms with van der Waals surface area (Å²) in [7, 11) is 2.47. The highest BCUT2D eigenvalue weighted by Gasteiger charge is 2.69. The van der Waals surface area contributed by atoms with Crippen LogP contribution in [0.25, 0.3) is 0 Å². The molecule has 2 N–H and O–H groups in total. The van der Waals surface area contributed by atoms with E-state index in [1.165, 1.54) is 37.9 Å². The van der Waals surface area contributed by atoms with E-state index in [0.717, 1.165) is 47.4 Å². The first-order valence-electron chi connectivity index (χ1n) is 10.6. The van der Waals surface area contributed by atoms with Crippen LogP contribution in [0.2, 0.25) is 0 Å². The predicted molar refractivity (Wildman–Crippen MR) is 98.3 cm³/mol. The van der Waals surface area contributed by atoms with Crippen LogP contribution >= 0.6 is 0 Å². The molecule has 0 aromatic heterocycles. The molecule has 6 atom stereocenters. The van der Waals surface area contributed by atoms with Gasteiger partial charge in [-0.15, -0.1) is 0 Å². The first kappa shape index (κ1) is 15.8. The van der Waals surface area contributed by atoms with Gasteiger partial charge in [0.15, 0.2) is 0 Å². The van der Waals surface area contributed by atoms with Crippen LogP contribution in [-0.4, -0.2) is 53.1 Å². The van der Waals surface area contributed by atoms with E-state index in [0.29, 0.717) is 17.7 Å². The van der Waals surface area contributed by atoms with E-state index in [-0.39, 0.29) is 17.6 Å². The minimum absolute atomic E-state index is 0.0681. The molecule has 3 fully saturated rings. The zero-order valence-electron chi connectivity index (χ0n) is 15.7. The molecule has 0 radical (unpaired) electrons. The van der Waals surface area contributed by atoms with E-state index in [4.69, 9.17) is 4.74 Å². The van der Waals surface area contributed by atoms with Gasteiger partial charge in [0.2, 0.25) is 0 Å². The molecule has 1 saturated heterocycles. The molecule has 2 aliphatic heterocycles. The number of ether oxygens (including phenoxy) is 1. The third-order valence-electron chi connectivity index (χ3n) is 8.88. The van der Waals surface area contributed by atoms with Crippen molar-refractivity contribution in [2.75, 3.05) is 20.1 Å². The standard InChI is InChI=1S/C22H29NO3/c1-23(12-13-3-2-4-13)10-9-22-15-5-6-18(25)21(22)26-19-8-7-17(24)14(20(19)22)11-16(15)23/h7-8,13,15-16,18,21,25H,2-6,9-12H2,1H3/p+1/t15?,16?,18-,21?,22-,23-/m0/s1. The van der Waals surface area contributed by atoms with Crippen molar-refractivity contribution in [3.05, 3.63) is 23.3 Å². The van der Waals surface area contributed by atoms with Crippen molar-refractivity contribution in [3.63, 3.8) is 0 Å². The first-order valence-corrected chi connectivity index (χ1v) is 10.6. The van der Waals surface area contributed by atoms with E-state index in [1.54, 1.807) is 6.07 Å². The van der Waals surface area contributed by atoms with Gasteiger partial charge in [0.1, 0.15) is 17.6 Å². The Morgan fingerprint density at radius 1 is 1.23 bits per heavy atom. The van der Waals surface area contributed by atoms with Gasteiger partial charge < -0.3 is 19.4 Å². The Hall–Kier alpha value is -1.26. The Bertz CT molecular complexity index is 775. The fraction of sp³-hybridized carbons (Fsp3) is 0.727. The Morgan fingerprint density at radius 2 is 2.08 bits per heavy atom. The number of phenols is 1. The molecule has 2 heterocycles. The van der Waals surface area contributed by atoms with Crippen LogP contribution in [0.15, 0.2) is 12.1 Å². The van der Waals surface area contributed by atoms with Crippen molar-refractivity contribution in [1.82, 2.24) is 0 Å². The second-order valence-electron chi connectivity index (χ2n) is 9.97. The number of quaternary nitrogens is 1. The maximum Gasteiger partial charge on any atom is 0.135 e. The van der Waals surface area contributed by atoms with Crippen LogP contribution in [0.5, 0.6) is 11.5 Å². The molecule has 26 heavy (non-hydrogen) atoms. The number of hydrogen-bond acceptors (Lipinski definition) is 3. The van der Waals surface area contributed by atoms with E-state index >= 15 is 0 Å². The van der Waals surface area contributed by atoms with Gasteiger partial charge in [-0.25, -0.2) is 0 Å². The molecule has 4 heteroatoms. The number of likely N-dealkylation sites (tertiary alicyclic amines) is 1. The molecule has 140 valence electrons. The lowest BCUT2D eigenvalue weighted by Crippen LogP contribution is -2.72. The van der Waals surface area contributed by atoms with Crippen LogP contribution in [0, 0.1) is 11.8 Å². The summed E-state index contributed by atoms with van der Waals surface area (Å²) < 4.78 is 7.52. The summed E-state index contributed by atoms with van der Waals surface area (Å²) in [5, 5.41) is 21.5. The second-order valence-corrected chi connectivity index (χ2v) is 9.97. The van der Waals surface area contributed by atoms with Crippen molar-refractivity contribution in [2.45, 2.75) is 68.6 Å². The summed E-state index contributed by atoms with van der Waals surface area (Å²) in [6.45, 7) is 2.47. The number of aliphatic hydroxyl groups is 1. The molecule has 3 unspecified atom stereocenters. The summed E-state index contributed by atoms with van der Waals surface area (Å²) in [4.78, 5) is 0. The fourth-order valence-electron chi connectivity index (χ4n) is 7.48. The van der Waals surface area contributed by atoms with Crippen molar-refractivity contribution in [1.29, 1.82) is 0 Å². The summed E-state index contributed by atoms with van der Waals surface area (Å²) in [6, 6.07) is 4.29. The summed E-state index contributed by atoms with van der Waals surface area (Å²) in [6.07, 6.45) is 7.70. The molecule has 5 aliphatic rings. The minimum Gasteiger partial charge on any atom is -0.508 e. The number of rotatable bonds is 2. The SMILES string of the molecule is C[N@@+]1(CC2CCC2)CC[C@@]23c4c5ccc(O)c4CC1C2CC[C@H](O)C3O5. The highest BCUT2D eigenvalue weighted by atomic mass is 16.5. The molecule has 2 saturated carbocycles. The van der Waals surface area contributed by atoms with E-state index in [9.17, 15) is 10.2 Å². The maximum absolute atomic E-state index is 10.8. The van der Waals surface area contributed by atoms with Crippen molar-refractivity contribution >= 4 is 0 Å². The second kappa shape index (κ2) is 4.96. The van der Waals surface area contributed by atoms with Crippen molar-refractivity contribution < 1.29 is 19.4 Å². The largest absolute Gasteiger partial charge is 0.508 e. The smallest absolute Gasteiger partial charge is 0.135 e. The number of phenolic OH excluding ortho intramolecular Hbond substituents is 1. The van der Waals surface area contributed by atoms with Gasteiger partial charge in [0.05, 0.1) is 37.7 Å². The molecule has 1 spiro atoms. The van der Waals surface area contributed by atoms with E-state index in [1.807, 2.05) is 6.07 Å². The summed E-state index contributed by atoms with van der Waals surface area (Å²) in [5.41, 5.74) is 2.32. The average molecular weight is 356 g/mol. The quantitative estimate of drug-likeness (QED) is 0.801. The molecule has 2 bridgehead atoms. The molecule has 1 aromatic carbocycles. The Morgan fingerprint density at radius 3 is 2.85 bits per heavy atom. The third-order valence-corrected chi connectivity index (χ3v) is 8.88. The van der Waals surface area contributed by atoms with Gasteiger partial charge >= 0.3 is 0 Å². The maximum atomic E-state index is 10.8. The fourth-order valence-corrected chi connectivity index (χ4v) is 7.48. The zero-order chi connectivity index (χ0) is 17.7. The number of likely N-dealkylation sites (N-methyl/N-ethyl adjacent to an activating group) is 1. The topological polar surface area (TPSA) is 49.7 Å². The highest BCUT2D eigenvalue weighted by molar-refractivity contribution is 5.59. The summed E-state index contributed by atoms with van der Waals surface area (Å²) >= 11 is 0. The number of aliphatic hydroxyl groups excluding tert-OH is 1. The van der Waals surface area contributed by atoms with Gasteiger partial charge in [0, 0.05) is 35.8 Å². The summed E-state index contributed by atoms with van der Waals surface area (Å²) in [5.74, 6) is 2.83. The Balaban J connectivity index is 1.51. The van der Waals surface area contributed by atoms with Crippen molar-refractivity contribution in [3.8, 4) is 11.5 Å². The molecule has 0 amide bonds. The third kappa shape index (κ3) is 1.73. The first-order chi connectivity index (χ1) is 12.5.